The number of aryl methyl sites for hydroxylation is 2. The number of nitrogens with one attached hydrogen (secondary N) is 1. The Labute approximate surface area is 158 Å². The number of nitrogens with zero attached hydrogens (tertiary/aromatic N) is 2. The summed E-state index contributed by atoms with van der Waals surface area (Å²) in [5, 5.41) is 3.01. The molecule has 2 aromatic carbocycles. The molecule has 3 rings (SSSR count). The third-order valence-corrected chi connectivity index (χ3v) is 4.59. The van der Waals surface area contributed by atoms with Crippen molar-refractivity contribution in [3.8, 4) is 11.5 Å². The van der Waals surface area contributed by atoms with Crippen LogP contribution in [0.15, 0.2) is 36.4 Å². The number of amides is 1. The van der Waals surface area contributed by atoms with Crippen LogP contribution in [0, 0.1) is 13.8 Å². The van der Waals surface area contributed by atoms with Crippen molar-refractivity contribution in [1.29, 1.82) is 0 Å². The van der Waals surface area contributed by atoms with Crippen molar-refractivity contribution >= 4 is 16.9 Å². The van der Waals surface area contributed by atoms with Gasteiger partial charge in [0.15, 0.2) is 0 Å². The zero-order chi connectivity index (χ0) is 19.6. The quantitative estimate of drug-likeness (QED) is 0.745. The van der Waals surface area contributed by atoms with Gasteiger partial charge in [0, 0.05) is 17.2 Å². The van der Waals surface area contributed by atoms with E-state index < -0.39 is 0 Å². The van der Waals surface area contributed by atoms with Gasteiger partial charge in [0.05, 0.1) is 42.7 Å². The number of aromatic nitrogens is 2. The highest BCUT2D eigenvalue weighted by molar-refractivity contribution is 5.97. The van der Waals surface area contributed by atoms with E-state index in [1.54, 1.807) is 32.4 Å². The number of hydrogen-bond acceptors (Lipinski definition) is 5. The van der Waals surface area contributed by atoms with Crippen molar-refractivity contribution in [2.75, 3.05) is 14.2 Å². The Hall–Kier alpha value is -3.15. The van der Waals surface area contributed by atoms with Crippen LogP contribution in [0.1, 0.15) is 40.3 Å². The standard InChI is InChI=1S/C21H23N3O3/c1-12-13(2)23-19-10-15(6-9-18(19)22-12)21(25)24-14(3)17-8-7-16(26-4)11-20(17)27-5/h6-11,14H,1-5H3,(H,24,25). The van der Waals surface area contributed by atoms with Crippen LogP contribution in [0.2, 0.25) is 0 Å². The van der Waals surface area contributed by atoms with Crippen molar-refractivity contribution in [3.05, 3.63) is 58.9 Å². The van der Waals surface area contributed by atoms with Crippen LogP contribution in [-0.2, 0) is 0 Å². The fourth-order valence-electron chi connectivity index (χ4n) is 2.91. The minimum atomic E-state index is -0.236. The van der Waals surface area contributed by atoms with Gasteiger partial charge >= 0.3 is 0 Å². The maximum absolute atomic E-state index is 12.7. The Bertz CT molecular complexity index is 1000. The molecule has 3 aromatic rings. The lowest BCUT2D eigenvalue weighted by molar-refractivity contribution is 0.0939. The van der Waals surface area contributed by atoms with E-state index in [9.17, 15) is 4.79 Å². The molecule has 1 aromatic heterocycles. The van der Waals surface area contributed by atoms with Gasteiger partial charge in [-0.15, -0.1) is 0 Å². The average Bonchev–Trinajstić information content (AvgIpc) is 2.67. The normalized spacial score (nSPS) is 11.9. The molecular formula is C21H23N3O3. The van der Waals surface area contributed by atoms with Crippen molar-refractivity contribution in [3.63, 3.8) is 0 Å². The molecule has 6 heteroatoms. The van der Waals surface area contributed by atoms with Crippen LogP contribution in [0.3, 0.4) is 0 Å². The Kier molecular flexibility index (Phi) is 5.26. The maximum Gasteiger partial charge on any atom is 0.251 e. The lowest BCUT2D eigenvalue weighted by Gasteiger charge is -2.18. The van der Waals surface area contributed by atoms with Crippen molar-refractivity contribution in [2.24, 2.45) is 0 Å². The number of rotatable bonds is 5. The lowest BCUT2D eigenvalue weighted by atomic mass is 10.1. The van der Waals surface area contributed by atoms with Gasteiger partial charge in [-0.1, -0.05) is 0 Å². The molecule has 0 aliphatic heterocycles. The summed E-state index contributed by atoms with van der Waals surface area (Å²) in [7, 11) is 3.20. The smallest absolute Gasteiger partial charge is 0.251 e. The highest BCUT2D eigenvalue weighted by Crippen LogP contribution is 2.29. The summed E-state index contributed by atoms with van der Waals surface area (Å²) in [5.41, 5.74) is 4.65. The molecule has 0 saturated heterocycles. The van der Waals surface area contributed by atoms with Crippen LogP contribution >= 0.6 is 0 Å². The fraction of sp³-hybridized carbons (Fsp3) is 0.286. The second-order valence-corrected chi connectivity index (χ2v) is 6.40. The summed E-state index contributed by atoms with van der Waals surface area (Å²) < 4.78 is 10.6. The van der Waals surface area contributed by atoms with Crippen LogP contribution in [0.4, 0.5) is 0 Å². The van der Waals surface area contributed by atoms with E-state index in [2.05, 4.69) is 15.3 Å². The van der Waals surface area contributed by atoms with Gasteiger partial charge in [0.2, 0.25) is 0 Å². The molecular weight excluding hydrogens is 342 g/mol. The van der Waals surface area contributed by atoms with Gasteiger partial charge in [0.1, 0.15) is 11.5 Å². The molecule has 1 unspecified atom stereocenters. The Morgan fingerprint density at radius 2 is 1.67 bits per heavy atom. The van der Waals surface area contributed by atoms with Crippen molar-refractivity contribution in [1.82, 2.24) is 15.3 Å². The topological polar surface area (TPSA) is 73.3 Å². The molecule has 6 nitrogen and oxygen atoms in total. The Morgan fingerprint density at radius 1 is 0.963 bits per heavy atom. The van der Waals surface area contributed by atoms with Gasteiger partial charge < -0.3 is 14.8 Å². The summed E-state index contributed by atoms with van der Waals surface area (Å²) in [5.74, 6) is 1.19. The SMILES string of the molecule is COc1ccc(C(C)NC(=O)c2ccc3nc(C)c(C)nc3c2)c(OC)c1. The third-order valence-electron chi connectivity index (χ3n) is 4.59. The largest absolute Gasteiger partial charge is 0.497 e. The molecule has 0 aliphatic rings. The molecule has 27 heavy (non-hydrogen) atoms. The van der Waals surface area contributed by atoms with Gasteiger partial charge in [-0.2, -0.15) is 0 Å². The first-order valence-electron chi connectivity index (χ1n) is 8.70. The van der Waals surface area contributed by atoms with E-state index in [0.29, 0.717) is 22.6 Å². The summed E-state index contributed by atoms with van der Waals surface area (Å²) in [6, 6.07) is 10.6. The van der Waals surface area contributed by atoms with E-state index in [1.807, 2.05) is 39.0 Å². The summed E-state index contributed by atoms with van der Waals surface area (Å²) in [6.45, 7) is 5.75. The molecule has 0 saturated carbocycles. The molecule has 140 valence electrons. The number of methoxy groups -OCH3 is 2. The highest BCUT2D eigenvalue weighted by atomic mass is 16.5. The molecule has 0 spiro atoms. The Balaban J connectivity index is 1.84. The number of ether oxygens (including phenoxy) is 2. The van der Waals surface area contributed by atoms with E-state index in [-0.39, 0.29) is 11.9 Å². The first-order chi connectivity index (χ1) is 12.9. The molecule has 0 bridgehead atoms. The van der Waals surface area contributed by atoms with Crippen LogP contribution in [0.5, 0.6) is 11.5 Å². The van der Waals surface area contributed by atoms with Crippen LogP contribution in [0.25, 0.3) is 11.0 Å². The monoisotopic (exact) mass is 365 g/mol. The van der Waals surface area contributed by atoms with Crippen LogP contribution in [-0.4, -0.2) is 30.1 Å². The number of hydrogen-bond donors (Lipinski definition) is 1. The lowest BCUT2D eigenvalue weighted by Crippen LogP contribution is -2.27. The first-order valence-corrected chi connectivity index (χ1v) is 8.70. The fourth-order valence-corrected chi connectivity index (χ4v) is 2.91. The van der Waals surface area contributed by atoms with Crippen LogP contribution < -0.4 is 14.8 Å². The van der Waals surface area contributed by atoms with E-state index in [4.69, 9.17) is 9.47 Å². The number of carbonyl (C=O) groups is 1. The van der Waals surface area contributed by atoms with Gasteiger partial charge in [0.25, 0.3) is 5.91 Å². The summed E-state index contributed by atoms with van der Waals surface area (Å²) >= 11 is 0. The number of benzene rings is 2. The van der Waals surface area contributed by atoms with E-state index in [0.717, 1.165) is 22.5 Å². The molecule has 1 atom stereocenters. The zero-order valence-corrected chi connectivity index (χ0v) is 16.2. The molecule has 1 heterocycles. The second-order valence-electron chi connectivity index (χ2n) is 6.40. The highest BCUT2D eigenvalue weighted by Gasteiger charge is 2.16. The van der Waals surface area contributed by atoms with Gasteiger partial charge in [-0.25, -0.2) is 9.97 Å². The van der Waals surface area contributed by atoms with E-state index >= 15 is 0 Å². The maximum atomic E-state index is 12.7. The summed E-state index contributed by atoms with van der Waals surface area (Å²) in [4.78, 5) is 21.7. The average molecular weight is 365 g/mol. The second kappa shape index (κ2) is 7.61. The van der Waals surface area contributed by atoms with E-state index in [1.165, 1.54) is 0 Å². The number of carbonyl (C=O) groups excluding carboxylic acids is 1. The van der Waals surface area contributed by atoms with Crippen molar-refractivity contribution < 1.29 is 14.3 Å². The number of fused-ring (bicyclic) bond motifs is 1. The predicted molar refractivity (Wildman–Crippen MR) is 104 cm³/mol. The molecule has 1 amide bonds. The third kappa shape index (κ3) is 3.84. The summed E-state index contributed by atoms with van der Waals surface area (Å²) in [6.07, 6.45) is 0. The Morgan fingerprint density at radius 3 is 2.33 bits per heavy atom. The minimum absolute atomic E-state index is 0.178. The van der Waals surface area contributed by atoms with Gasteiger partial charge in [-0.05, 0) is 51.1 Å². The zero-order valence-electron chi connectivity index (χ0n) is 16.2. The molecule has 0 radical (unpaired) electrons. The molecule has 1 N–H and O–H groups in total. The van der Waals surface area contributed by atoms with Crippen molar-refractivity contribution in [2.45, 2.75) is 26.8 Å². The molecule has 0 fully saturated rings. The molecule has 0 aliphatic carbocycles. The minimum Gasteiger partial charge on any atom is -0.497 e. The van der Waals surface area contributed by atoms with Gasteiger partial charge in [-0.3, -0.25) is 4.79 Å². The predicted octanol–water partition coefficient (Wildman–Crippen LogP) is 3.75. The first kappa shape index (κ1) is 18.6.